The Labute approximate surface area is 103 Å². The van der Waals surface area contributed by atoms with Gasteiger partial charge < -0.3 is 15.2 Å². The van der Waals surface area contributed by atoms with Gasteiger partial charge in [-0.25, -0.2) is 4.79 Å². The lowest BCUT2D eigenvalue weighted by atomic mass is 9.67. The molecular weight excluding hydrogens is 218 g/mol. The van der Waals surface area contributed by atoms with Crippen molar-refractivity contribution >= 4 is 5.97 Å². The Bertz CT molecular complexity index is 270. The molecule has 0 aromatic heterocycles. The minimum absolute atomic E-state index is 0.0880. The molecule has 98 valence electrons. The first-order chi connectivity index (χ1) is 8.15. The summed E-state index contributed by atoms with van der Waals surface area (Å²) in [4.78, 5) is 10.7. The molecular formula is C13H23NO3. The molecule has 0 bridgehead atoms. The van der Waals surface area contributed by atoms with Gasteiger partial charge in [0.2, 0.25) is 0 Å². The zero-order chi connectivity index (χ0) is 12.3. The number of carbonyl (C=O) groups is 1. The van der Waals surface area contributed by atoms with Crippen LogP contribution in [-0.2, 0) is 9.53 Å². The number of nitrogens with one attached hydrogen (secondary N) is 1. The van der Waals surface area contributed by atoms with Gasteiger partial charge in [0.15, 0.2) is 6.10 Å². The van der Waals surface area contributed by atoms with Gasteiger partial charge in [-0.2, -0.15) is 0 Å². The van der Waals surface area contributed by atoms with Crippen LogP contribution in [0.4, 0.5) is 0 Å². The number of carboxylic acids is 1. The Kier molecular flexibility index (Phi) is 4.05. The zero-order valence-electron chi connectivity index (χ0n) is 10.6. The highest BCUT2D eigenvalue weighted by molar-refractivity contribution is 5.72. The number of aliphatic carboxylic acids is 1. The van der Waals surface area contributed by atoms with E-state index in [9.17, 15) is 4.79 Å². The number of ether oxygens (including phenoxy) is 1. The van der Waals surface area contributed by atoms with Crippen molar-refractivity contribution in [1.82, 2.24) is 5.32 Å². The van der Waals surface area contributed by atoms with Gasteiger partial charge in [0.1, 0.15) is 0 Å². The number of hydrogen-bond donors (Lipinski definition) is 2. The largest absolute Gasteiger partial charge is 0.479 e. The van der Waals surface area contributed by atoms with Gasteiger partial charge in [-0.3, -0.25) is 0 Å². The molecule has 17 heavy (non-hydrogen) atoms. The Morgan fingerprint density at radius 1 is 1.47 bits per heavy atom. The van der Waals surface area contributed by atoms with Crippen LogP contribution in [0, 0.1) is 5.41 Å². The summed E-state index contributed by atoms with van der Waals surface area (Å²) >= 11 is 0. The molecule has 2 fully saturated rings. The minimum atomic E-state index is -0.823. The normalized spacial score (nSPS) is 31.1. The SMILES string of the molecule is CCC1(CNCC2CCC(C(=O)O)O2)CCC1. The Hall–Kier alpha value is -0.610. The lowest BCUT2D eigenvalue weighted by Crippen LogP contribution is -2.41. The third-order valence-corrected chi connectivity index (χ3v) is 4.42. The molecule has 1 aliphatic heterocycles. The molecule has 2 unspecified atom stereocenters. The smallest absolute Gasteiger partial charge is 0.332 e. The van der Waals surface area contributed by atoms with Crippen LogP contribution >= 0.6 is 0 Å². The molecule has 0 spiro atoms. The first-order valence-corrected chi connectivity index (χ1v) is 6.74. The molecule has 2 N–H and O–H groups in total. The van der Waals surface area contributed by atoms with Crippen LogP contribution in [0.5, 0.6) is 0 Å². The molecule has 0 aromatic carbocycles. The number of carboxylic acid groups (broad SMARTS) is 1. The third kappa shape index (κ3) is 2.99. The van der Waals surface area contributed by atoms with Crippen molar-refractivity contribution in [3.05, 3.63) is 0 Å². The lowest BCUT2D eigenvalue weighted by Gasteiger charge is -2.41. The Morgan fingerprint density at radius 3 is 2.71 bits per heavy atom. The molecule has 4 nitrogen and oxygen atoms in total. The molecule has 1 heterocycles. The van der Waals surface area contributed by atoms with E-state index in [1.807, 2.05) is 0 Å². The standard InChI is InChI=1S/C13H23NO3/c1-2-13(6-3-7-13)9-14-8-10-4-5-11(17-10)12(15)16/h10-11,14H,2-9H2,1H3,(H,15,16). The van der Waals surface area contributed by atoms with Crippen molar-refractivity contribution < 1.29 is 14.6 Å². The van der Waals surface area contributed by atoms with Crippen molar-refractivity contribution in [1.29, 1.82) is 0 Å². The molecule has 4 heteroatoms. The van der Waals surface area contributed by atoms with Gasteiger partial charge in [0.25, 0.3) is 0 Å². The molecule has 0 radical (unpaired) electrons. The Morgan fingerprint density at radius 2 is 2.24 bits per heavy atom. The molecule has 0 aromatic rings. The van der Waals surface area contributed by atoms with E-state index < -0.39 is 12.1 Å². The highest BCUT2D eigenvalue weighted by Gasteiger charge is 2.35. The fourth-order valence-corrected chi connectivity index (χ4v) is 2.87. The summed E-state index contributed by atoms with van der Waals surface area (Å²) in [7, 11) is 0. The second-order valence-electron chi connectivity index (χ2n) is 5.50. The fourth-order valence-electron chi connectivity index (χ4n) is 2.87. The van der Waals surface area contributed by atoms with Crippen LogP contribution in [0.25, 0.3) is 0 Å². The van der Waals surface area contributed by atoms with Crippen LogP contribution in [0.3, 0.4) is 0 Å². The van der Waals surface area contributed by atoms with E-state index >= 15 is 0 Å². The quantitative estimate of drug-likeness (QED) is 0.744. The van der Waals surface area contributed by atoms with Gasteiger partial charge >= 0.3 is 5.97 Å². The third-order valence-electron chi connectivity index (χ3n) is 4.42. The molecule has 2 rings (SSSR count). The summed E-state index contributed by atoms with van der Waals surface area (Å²) < 4.78 is 5.46. The zero-order valence-corrected chi connectivity index (χ0v) is 10.6. The second kappa shape index (κ2) is 5.36. The van der Waals surface area contributed by atoms with Crippen molar-refractivity contribution in [2.75, 3.05) is 13.1 Å². The number of hydrogen-bond acceptors (Lipinski definition) is 3. The van der Waals surface area contributed by atoms with E-state index in [1.54, 1.807) is 0 Å². The van der Waals surface area contributed by atoms with E-state index in [0.29, 0.717) is 11.8 Å². The van der Waals surface area contributed by atoms with E-state index in [2.05, 4.69) is 12.2 Å². The molecule has 2 aliphatic rings. The average molecular weight is 241 g/mol. The molecule has 1 saturated carbocycles. The summed E-state index contributed by atoms with van der Waals surface area (Å²) in [6, 6.07) is 0. The fraction of sp³-hybridized carbons (Fsp3) is 0.923. The van der Waals surface area contributed by atoms with Crippen LogP contribution in [0.1, 0.15) is 45.4 Å². The van der Waals surface area contributed by atoms with Crippen molar-refractivity contribution in [2.45, 2.75) is 57.7 Å². The van der Waals surface area contributed by atoms with Gasteiger partial charge in [0.05, 0.1) is 6.10 Å². The van der Waals surface area contributed by atoms with Crippen molar-refractivity contribution in [3.8, 4) is 0 Å². The van der Waals surface area contributed by atoms with Crippen molar-refractivity contribution in [2.24, 2.45) is 5.41 Å². The second-order valence-corrected chi connectivity index (χ2v) is 5.50. The van der Waals surface area contributed by atoms with Crippen LogP contribution in [0.15, 0.2) is 0 Å². The van der Waals surface area contributed by atoms with E-state index in [1.165, 1.54) is 25.7 Å². The predicted octanol–water partition coefficient (Wildman–Crippen LogP) is 1.79. The molecule has 0 amide bonds. The Balaban J connectivity index is 1.64. The summed E-state index contributed by atoms with van der Waals surface area (Å²) in [5.41, 5.74) is 0.519. The summed E-state index contributed by atoms with van der Waals surface area (Å²) in [5, 5.41) is 12.3. The van der Waals surface area contributed by atoms with E-state index in [4.69, 9.17) is 9.84 Å². The monoisotopic (exact) mass is 241 g/mol. The average Bonchev–Trinajstić information content (AvgIpc) is 2.71. The maximum Gasteiger partial charge on any atom is 0.332 e. The first kappa shape index (κ1) is 12.8. The maximum atomic E-state index is 10.7. The van der Waals surface area contributed by atoms with Gasteiger partial charge in [-0.15, -0.1) is 0 Å². The van der Waals surface area contributed by atoms with Gasteiger partial charge in [0, 0.05) is 13.1 Å². The van der Waals surface area contributed by atoms with Gasteiger partial charge in [-0.1, -0.05) is 13.3 Å². The van der Waals surface area contributed by atoms with E-state index in [0.717, 1.165) is 19.5 Å². The molecule has 2 atom stereocenters. The van der Waals surface area contributed by atoms with Gasteiger partial charge in [-0.05, 0) is 37.5 Å². The topological polar surface area (TPSA) is 58.6 Å². The van der Waals surface area contributed by atoms with Crippen LogP contribution in [0.2, 0.25) is 0 Å². The van der Waals surface area contributed by atoms with Crippen molar-refractivity contribution in [3.63, 3.8) is 0 Å². The summed E-state index contributed by atoms with van der Waals surface area (Å²) in [6.45, 7) is 4.11. The maximum absolute atomic E-state index is 10.7. The highest BCUT2D eigenvalue weighted by Crippen LogP contribution is 2.43. The lowest BCUT2D eigenvalue weighted by molar-refractivity contribution is -0.149. The van der Waals surface area contributed by atoms with Crippen LogP contribution < -0.4 is 5.32 Å². The summed E-state index contributed by atoms with van der Waals surface area (Å²) in [6.07, 6.45) is 6.29. The highest BCUT2D eigenvalue weighted by atomic mass is 16.5. The molecule has 1 saturated heterocycles. The van der Waals surface area contributed by atoms with Crippen LogP contribution in [-0.4, -0.2) is 36.4 Å². The molecule has 1 aliphatic carbocycles. The van der Waals surface area contributed by atoms with E-state index in [-0.39, 0.29) is 6.10 Å². The summed E-state index contributed by atoms with van der Waals surface area (Å²) in [5.74, 6) is -0.823. The first-order valence-electron chi connectivity index (χ1n) is 6.74. The number of rotatable bonds is 6. The predicted molar refractivity (Wildman–Crippen MR) is 65.0 cm³/mol. The minimum Gasteiger partial charge on any atom is -0.479 e.